The fourth-order valence-corrected chi connectivity index (χ4v) is 2.61. The Kier molecular flexibility index (Phi) is 3.80. The van der Waals surface area contributed by atoms with Gasteiger partial charge in [0, 0.05) is 12.1 Å². The van der Waals surface area contributed by atoms with Crippen LogP contribution >= 0.6 is 0 Å². The van der Waals surface area contributed by atoms with Gasteiger partial charge in [-0.3, -0.25) is 4.79 Å². The van der Waals surface area contributed by atoms with Crippen LogP contribution in [0.25, 0.3) is 0 Å². The summed E-state index contributed by atoms with van der Waals surface area (Å²) in [5.41, 5.74) is 2.61. The van der Waals surface area contributed by atoms with Crippen molar-refractivity contribution in [1.82, 2.24) is 0 Å². The lowest BCUT2D eigenvalue weighted by atomic mass is 10.0. The van der Waals surface area contributed by atoms with Crippen molar-refractivity contribution in [1.29, 1.82) is 5.26 Å². The number of fused-ring (bicyclic) bond motifs is 1. The molecule has 1 heterocycles. The molecule has 2 aromatic carbocycles. The van der Waals surface area contributed by atoms with Crippen molar-refractivity contribution in [3.05, 3.63) is 59.7 Å². The van der Waals surface area contributed by atoms with Crippen LogP contribution in [0.2, 0.25) is 0 Å². The minimum absolute atomic E-state index is 0.125. The van der Waals surface area contributed by atoms with Crippen molar-refractivity contribution in [2.24, 2.45) is 0 Å². The third kappa shape index (κ3) is 2.53. The van der Waals surface area contributed by atoms with E-state index in [0.717, 1.165) is 16.8 Å². The van der Waals surface area contributed by atoms with Crippen LogP contribution in [0.4, 0.5) is 5.69 Å². The van der Waals surface area contributed by atoms with Crippen LogP contribution in [0.3, 0.4) is 0 Å². The van der Waals surface area contributed by atoms with Gasteiger partial charge in [0.05, 0.1) is 18.2 Å². The van der Waals surface area contributed by atoms with Gasteiger partial charge in [0.2, 0.25) is 6.10 Å². The molecule has 0 N–H and O–H groups in total. The van der Waals surface area contributed by atoms with E-state index in [1.807, 2.05) is 55.5 Å². The molecule has 22 heavy (non-hydrogen) atoms. The molecule has 3 rings (SSSR count). The summed E-state index contributed by atoms with van der Waals surface area (Å²) in [4.78, 5) is 14.5. The number of hydrogen-bond acceptors (Lipinski definition) is 3. The zero-order valence-electron chi connectivity index (χ0n) is 12.3. The lowest BCUT2D eigenvalue weighted by Crippen LogP contribution is -2.41. The Hall–Kier alpha value is -2.80. The first kappa shape index (κ1) is 14.2. The quantitative estimate of drug-likeness (QED) is 0.871. The summed E-state index contributed by atoms with van der Waals surface area (Å²) in [7, 11) is 0. The highest BCUT2D eigenvalue weighted by Gasteiger charge is 2.35. The van der Waals surface area contributed by atoms with Crippen LogP contribution in [0.15, 0.2) is 48.5 Å². The number of anilines is 1. The number of carbonyl (C=O) groups excluding carboxylic acids is 1. The van der Waals surface area contributed by atoms with Gasteiger partial charge < -0.3 is 9.64 Å². The summed E-state index contributed by atoms with van der Waals surface area (Å²) in [6.45, 7) is 2.34. The van der Waals surface area contributed by atoms with Crippen molar-refractivity contribution in [3.63, 3.8) is 0 Å². The predicted octanol–water partition coefficient (Wildman–Crippen LogP) is 3.38. The monoisotopic (exact) mass is 292 g/mol. The van der Waals surface area contributed by atoms with E-state index in [9.17, 15) is 4.79 Å². The minimum atomic E-state index is -0.657. The number of hydrogen-bond donors (Lipinski definition) is 0. The summed E-state index contributed by atoms with van der Waals surface area (Å²) in [5, 5.41) is 8.85. The average molecular weight is 292 g/mol. The third-order valence-electron chi connectivity index (χ3n) is 3.69. The highest BCUT2D eigenvalue weighted by atomic mass is 16.5. The number of nitriles is 1. The van der Waals surface area contributed by atoms with Gasteiger partial charge in [0.1, 0.15) is 5.75 Å². The second-order valence-corrected chi connectivity index (χ2v) is 5.28. The second-order valence-electron chi connectivity index (χ2n) is 5.28. The molecule has 0 saturated carbocycles. The van der Waals surface area contributed by atoms with E-state index >= 15 is 0 Å². The number of rotatable bonds is 3. The summed E-state index contributed by atoms with van der Waals surface area (Å²) in [6, 6.07) is 17.3. The van der Waals surface area contributed by atoms with Crippen LogP contribution in [0, 0.1) is 18.3 Å². The molecule has 0 radical (unpaired) electrons. The summed E-state index contributed by atoms with van der Waals surface area (Å²) in [5.74, 6) is 0.552. The lowest BCUT2D eigenvalue weighted by Gasteiger charge is -2.34. The number of amides is 1. The Balaban J connectivity index is 2.03. The average Bonchev–Trinajstić information content (AvgIpc) is 2.54. The lowest BCUT2D eigenvalue weighted by molar-refractivity contribution is -0.126. The van der Waals surface area contributed by atoms with Gasteiger partial charge in [0.15, 0.2) is 0 Å². The van der Waals surface area contributed by atoms with Crippen LogP contribution < -0.4 is 9.64 Å². The number of ether oxygens (including phenoxy) is 1. The van der Waals surface area contributed by atoms with Crippen LogP contribution in [-0.2, 0) is 4.79 Å². The molecule has 0 aromatic heterocycles. The van der Waals surface area contributed by atoms with Gasteiger partial charge in [0.25, 0.3) is 5.91 Å². The molecule has 0 fully saturated rings. The van der Waals surface area contributed by atoms with E-state index in [4.69, 9.17) is 10.00 Å². The first-order chi connectivity index (χ1) is 10.7. The molecular weight excluding hydrogens is 276 g/mol. The molecule has 2 aromatic rings. The molecule has 0 aliphatic carbocycles. The molecule has 110 valence electrons. The fourth-order valence-electron chi connectivity index (χ4n) is 2.61. The van der Waals surface area contributed by atoms with E-state index in [0.29, 0.717) is 18.7 Å². The van der Waals surface area contributed by atoms with E-state index in [2.05, 4.69) is 6.07 Å². The van der Waals surface area contributed by atoms with Crippen molar-refractivity contribution in [2.75, 3.05) is 11.4 Å². The molecule has 1 aliphatic heterocycles. The summed E-state index contributed by atoms with van der Waals surface area (Å²) >= 11 is 0. The maximum absolute atomic E-state index is 12.8. The number of nitrogens with zero attached hydrogens (tertiary/aromatic N) is 2. The molecule has 1 unspecified atom stereocenters. The topological polar surface area (TPSA) is 53.3 Å². The number of aryl methyl sites for hydroxylation is 1. The molecule has 0 bridgehead atoms. The van der Waals surface area contributed by atoms with Crippen molar-refractivity contribution < 1.29 is 9.53 Å². The van der Waals surface area contributed by atoms with Gasteiger partial charge in [-0.2, -0.15) is 5.26 Å². The second kappa shape index (κ2) is 5.90. The van der Waals surface area contributed by atoms with Gasteiger partial charge in [-0.1, -0.05) is 36.4 Å². The van der Waals surface area contributed by atoms with Crippen molar-refractivity contribution in [2.45, 2.75) is 19.4 Å². The predicted molar refractivity (Wildman–Crippen MR) is 83.6 cm³/mol. The van der Waals surface area contributed by atoms with Crippen molar-refractivity contribution >= 4 is 11.6 Å². The largest absolute Gasteiger partial charge is 0.474 e. The Morgan fingerprint density at radius 1 is 1.23 bits per heavy atom. The Labute approximate surface area is 129 Å². The molecule has 0 saturated heterocycles. The summed E-state index contributed by atoms with van der Waals surface area (Å²) < 4.78 is 5.92. The summed E-state index contributed by atoms with van der Waals surface area (Å²) in [6.07, 6.45) is -0.365. The van der Waals surface area contributed by atoms with Gasteiger partial charge >= 0.3 is 0 Å². The Morgan fingerprint density at radius 3 is 2.73 bits per heavy atom. The minimum Gasteiger partial charge on any atom is -0.474 e. The smallest absolute Gasteiger partial charge is 0.272 e. The number of carbonyl (C=O) groups is 1. The van der Waals surface area contributed by atoms with Gasteiger partial charge in [-0.25, -0.2) is 0 Å². The first-order valence-electron chi connectivity index (χ1n) is 7.21. The molecule has 4 heteroatoms. The maximum atomic E-state index is 12.8. The highest BCUT2D eigenvalue weighted by Crippen LogP contribution is 2.39. The van der Waals surface area contributed by atoms with Crippen molar-refractivity contribution in [3.8, 4) is 11.8 Å². The van der Waals surface area contributed by atoms with E-state index in [-0.39, 0.29) is 5.91 Å². The van der Waals surface area contributed by atoms with Crippen LogP contribution in [0.5, 0.6) is 5.75 Å². The Morgan fingerprint density at radius 2 is 2.00 bits per heavy atom. The zero-order chi connectivity index (χ0) is 15.5. The molecule has 4 nitrogen and oxygen atoms in total. The van der Waals surface area contributed by atoms with Gasteiger partial charge in [-0.05, 0) is 24.6 Å². The number of benzene rings is 2. The molecule has 1 atom stereocenters. The van der Waals surface area contributed by atoms with Crippen LogP contribution in [-0.4, -0.2) is 12.5 Å². The first-order valence-corrected chi connectivity index (χ1v) is 7.21. The standard InChI is InChI=1S/C18H16N2O2/c1-13-8-9-16-15(12-13)20(11-5-10-19)18(21)17(22-16)14-6-3-2-4-7-14/h2-4,6-9,12,17H,5,11H2,1H3. The fraction of sp³-hybridized carbons (Fsp3) is 0.222. The normalized spacial score (nSPS) is 16.6. The maximum Gasteiger partial charge on any atom is 0.272 e. The molecule has 0 spiro atoms. The van der Waals surface area contributed by atoms with E-state index < -0.39 is 6.10 Å². The SMILES string of the molecule is Cc1ccc2c(c1)N(CCC#N)C(=O)C(c1ccccc1)O2. The van der Waals surface area contributed by atoms with E-state index in [1.165, 1.54) is 0 Å². The van der Waals surface area contributed by atoms with Gasteiger partial charge in [-0.15, -0.1) is 0 Å². The zero-order valence-corrected chi connectivity index (χ0v) is 12.3. The van der Waals surface area contributed by atoms with E-state index in [1.54, 1.807) is 4.90 Å². The Bertz CT molecular complexity index is 734. The highest BCUT2D eigenvalue weighted by molar-refractivity contribution is 6.00. The van der Waals surface area contributed by atoms with Crippen LogP contribution in [0.1, 0.15) is 23.7 Å². The molecule has 1 aliphatic rings. The molecule has 1 amide bonds. The molecular formula is C18H16N2O2. The third-order valence-corrected chi connectivity index (χ3v) is 3.69.